The van der Waals surface area contributed by atoms with Crippen molar-refractivity contribution in [2.24, 2.45) is 0 Å². The molecule has 2 aromatic heterocycles. The zero-order chi connectivity index (χ0) is 16.2. The molecule has 7 heteroatoms. The van der Waals surface area contributed by atoms with Crippen LogP contribution in [0.5, 0.6) is 0 Å². The number of H-pyrrole nitrogens is 1. The number of aromatic amines is 1. The van der Waals surface area contributed by atoms with Gasteiger partial charge in [0.2, 0.25) is 0 Å². The number of carbonyl (C=O) groups excluding carboxylic acids is 1. The smallest absolute Gasteiger partial charge is 0.410 e. The molecule has 1 amide bonds. The van der Waals surface area contributed by atoms with Crippen LogP contribution in [0.1, 0.15) is 27.2 Å². The number of fused-ring (bicyclic) bond motifs is 3. The summed E-state index contributed by atoms with van der Waals surface area (Å²) in [7, 11) is 0. The number of ether oxygens (including phenoxy) is 1. The van der Waals surface area contributed by atoms with Crippen molar-refractivity contribution in [2.45, 2.75) is 44.9 Å². The highest BCUT2D eigenvalue weighted by Crippen LogP contribution is 2.36. The summed E-state index contributed by atoms with van der Waals surface area (Å²) in [5, 5.41) is 1.03. The van der Waals surface area contributed by atoms with Crippen LogP contribution in [0.4, 0.5) is 10.6 Å². The Morgan fingerprint density at radius 1 is 1.30 bits per heavy atom. The van der Waals surface area contributed by atoms with E-state index in [4.69, 9.17) is 4.74 Å². The average molecular weight is 315 g/mol. The van der Waals surface area contributed by atoms with Gasteiger partial charge in [-0.15, -0.1) is 0 Å². The zero-order valence-electron chi connectivity index (χ0n) is 13.6. The van der Waals surface area contributed by atoms with Crippen molar-refractivity contribution in [3.8, 4) is 0 Å². The van der Waals surface area contributed by atoms with Gasteiger partial charge in [-0.2, -0.15) is 0 Å². The largest absolute Gasteiger partial charge is 0.444 e. The fraction of sp³-hybridized carbons (Fsp3) is 0.562. The normalized spacial score (nSPS) is 23.8. The van der Waals surface area contributed by atoms with Crippen LogP contribution < -0.4 is 4.90 Å². The summed E-state index contributed by atoms with van der Waals surface area (Å²) < 4.78 is 5.51. The van der Waals surface area contributed by atoms with Crippen molar-refractivity contribution >= 4 is 22.9 Å². The van der Waals surface area contributed by atoms with E-state index >= 15 is 0 Å². The second kappa shape index (κ2) is 4.84. The van der Waals surface area contributed by atoms with Crippen molar-refractivity contribution < 1.29 is 9.53 Å². The highest BCUT2D eigenvalue weighted by Gasteiger charge is 2.47. The summed E-state index contributed by atoms with van der Waals surface area (Å²) in [4.78, 5) is 28.3. The minimum Gasteiger partial charge on any atom is -0.444 e. The number of anilines is 1. The third-order valence-electron chi connectivity index (χ3n) is 4.47. The molecule has 2 saturated heterocycles. The lowest BCUT2D eigenvalue weighted by Gasteiger charge is -2.35. The number of likely N-dealkylation sites (tertiary alicyclic amines) is 1. The van der Waals surface area contributed by atoms with Crippen molar-refractivity contribution in [2.75, 3.05) is 18.0 Å². The maximum atomic E-state index is 12.3. The minimum absolute atomic E-state index is 0.193. The van der Waals surface area contributed by atoms with Crippen LogP contribution in [0.2, 0.25) is 0 Å². The average Bonchev–Trinajstić information content (AvgIpc) is 3.18. The predicted octanol–water partition coefficient (Wildman–Crippen LogP) is 2.16. The van der Waals surface area contributed by atoms with Crippen LogP contribution in [0.15, 0.2) is 18.6 Å². The number of rotatable bonds is 1. The topological polar surface area (TPSA) is 74.3 Å². The molecule has 2 aliphatic rings. The van der Waals surface area contributed by atoms with E-state index < -0.39 is 5.60 Å². The van der Waals surface area contributed by atoms with Gasteiger partial charge in [-0.25, -0.2) is 14.8 Å². The summed E-state index contributed by atoms with van der Waals surface area (Å²) >= 11 is 0. The minimum atomic E-state index is -0.456. The van der Waals surface area contributed by atoms with Gasteiger partial charge >= 0.3 is 6.09 Å². The first-order chi connectivity index (χ1) is 10.9. The molecule has 122 valence electrons. The second-order valence-electron chi connectivity index (χ2n) is 7.27. The lowest BCUT2D eigenvalue weighted by atomic mass is 10.2. The molecule has 0 aliphatic carbocycles. The number of hydrogen-bond acceptors (Lipinski definition) is 5. The lowest BCUT2D eigenvalue weighted by molar-refractivity contribution is 0.0214. The first kappa shape index (κ1) is 14.3. The van der Waals surface area contributed by atoms with Gasteiger partial charge in [0.1, 0.15) is 23.4 Å². The molecule has 0 radical (unpaired) electrons. The third-order valence-corrected chi connectivity index (χ3v) is 4.47. The van der Waals surface area contributed by atoms with Crippen LogP contribution in [0.3, 0.4) is 0 Å². The molecule has 2 aliphatic heterocycles. The summed E-state index contributed by atoms with van der Waals surface area (Å²) in [6.07, 6.45) is 4.23. The molecular weight excluding hydrogens is 294 g/mol. The summed E-state index contributed by atoms with van der Waals surface area (Å²) in [5.74, 6) is 0.951. The standard InChI is InChI=1S/C16H21N5O2/c1-16(2,3)23-15(22)21-8-10-6-11(21)7-20(10)14-12-4-5-17-13(12)18-9-19-14/h4-5,9-11H,6-8H2,1-3H3,(H,17,18,19). The van der Waals surface area contributed by atoms with E-state index in [1.54, 1.807) is 6.33 Å². The Kier molecular flexibility index (Phi) is 3.01. The quantitative estimate of drug-likeness (QED) is 0.873. The van der Waals surface area contributed by atoms with Crippen molar-refractivity contribution in [3.63, 3.8) is 0 Å². The predicted molar refractivity (Wildman–Crippen MR) is 86.4 cm³/mol. The maximum absolute atomic E-state index is 12.3. The Balaban J connectivity index is 1.53. The molecule has 4 rings (SSSR count). The summed E-state index contributed by atoms with van der Waals surface area (Å²) in [6, 6.07) is 2.49. The number of hydrogen-bond donors (Lipinski definition) is 1. The van der Waals surface area contributed by atoms with Gasteiger partial charge in [0.25, 0.3) is 0 Å². The van der Waals surface area contributed by atoms with Crippen LogP contribution in [0, 0.1) is 0 Å². The number of aromatic nitrogens is 3. The molecule has 1 N–H and O–H groups in total. The Morgan fingerprint density at radius 2 is 2.13 bits per heavy atom. The summed E-state index contributed by atoms with van der Waals surface area (Å²) in [5.41, 5.74) is 0.393. The van der Waals surface area contributed by atoms with Gasteiger partial charge in [-0.3, -0.25) is 0 Å². The number of piperazine rings is 1. The van der Waals surface area contributed by atoms with E-state index in [-0.39, 0.29) is 12.1 Å². The second-order valence-corrected chi connectivity index (χ2v) is 7.27. The lowest BCUT2D eigenvalue weighted by Crippen LogP contribution is -2.50. The van der Waals surface area contributed by atoms with E-state index in [0.717, 1.165) is 29.8 Å². The molecule has 0 saturated carbocycles. The highest BCUT2D eigenvalue weighted by molar-refractivity contribution is 5.87. The van der Waals surface area contributed by atoms with Crippen LogP contribution in [-0.2, 0) is 4.74 Å². The Morgan fingerprint density at radius 3 is 2.83 bits per heavy atom. The molecule has 2 atom stereocenters. The van der Waals surface area contributed by atoms with Crippen LogP contribution >= 0.6 is 0 Å². The van der Waals surface area contributed by atoms with Crippen LogP contribution in [-0.4, -0.2) is 56.7 Å². The van der Waals surface area contributed by atoms with Gasteiger partial charge in [0, 0.05) is 19.3 Å². The van der Waals surface area contributed by atoms with Gasteiger partial charge in [-0.1, -0.05) is 0 Å². The molecular formula is C16H21N5O2. The van der Waals surface area contributed by atoms with Gasteiger partial charge in [0.15, 0.2) is 0 Å². The number of amides is 1. The first-order valence-electron chi connectivity index (χ1n) is 7.97. The highest BCUT2D eigenvalue weighted by atomic mass is 16.6. The van der Waals surface area contributed by atoms with Gasteiger partial charge < -0.3 is 19.5 Å². The van der Waals surface area contributed by atoms with Crippen molar-refractivity contribution in [3.05, 3.63) is 18.6 Å². The Bertz CT molecular complexity index is 750. The Labute approximate surface area is 134 Å². The van der Waals surface area contributed by atoms with Crippen molar-refractivity contribution in [1.82, 2.24) is 19.9 Å². The zero-order valence-corrected chi connectivity index (χ0v) is 13.6. The molecule has 2 bridgehead atoms. The van der Waals surface area contributed by atoms with E-state index in [2.05, 4.69) is 19.9 Å². The first-order valence-corrected chi connectivity index (χ1v) is 7.97. The van der Waals surface area contributed by atoms with E-state index in [0.29, 0.717) is 12.6 Å². The molecule has 23 heavy (non-hydrogen) atoms. The van der Waals surface area contributed by atoms with E-state index in [1.165, 1.54) is 0 Å². The molecule has 4 heterocycles. The number of carbonyl (C=O) groups is 1. The summed E-state index contributed by atoms with van der Waals surface area (Å²) in [6.45, 7) is 7.18. The van der Waals surface area contributed by atoms with E-state index in [1.807, 2.05) is 37.9 Å². The van der Waals surface area contributed by atoms with E-state index in [9.17, 15) is 4.79 Å². The maximum Gasteiger partial charge on any atom is 0.410 e. The molecule has 2 fully saturated rings. The number of nitrogens with one attached hydrogen (secondary N) is 1. The molecule has 7 nitrogen and oxygen atoms in total. The third kappa shape index (κ3) is 2.40. The molecule has 2 aromatic rings. The fourth-order valence-electron chi connectivity index (χ4n) is 3.56. The SMILES string of the molecule is CC(C)(C)OC(=O)N1CC2CC1CN2c1ncnc2[nH]ccc12. The fourth-order valence-corrected chi connectivity index (χ4v) is 3.56. The molecule has 0 aromatic carbocycles. The van der Waals surface area contributed by atoms with Crippen molar-refractivity contribution in [1.29, 1.82) is 0 Å². The Hall–Kier alpha value is -2.31. The molecule has 2 unspecified atom stereocenters. The molecule has 0 spiro atoms. The van der Waals surface area contributed by atoms with Crippen LogP contribution in [0.25, 0.3) is 11.0 Å². The van der Waals surface area contributed by atoms with Gasteiger partial charge in [-0.05, 0) is 33.3 Å². The van der Waals surface area contributed by atoms with Gasteiger partial charge in [0.05, 0.1) is 17.5 Å². The monoisotopic (exact) mass is 315 g/mol. The number of nitrogens with zero attached hydrogens (tertiary/aromatic N) is 4.